The van der Waals surface area contributed by atoms with Gasteiger partial charge in [0.25, 0.3) is 10.0 Å². The van der Waals surface area contributed by atoms with Crippen LogP contribution < -0.4 is 4.72 Å². The molecule has 2 heterocycles. The molecule has 0 aromatic carbocycles. The summed E-state index contributed by atoms with van der Waals surface area (Å²) < 4.78 is 26.7. The molecule has 0 aliphatic heterocycles. The van der Waals surface area contributed by atoms with E-state index in [9.17, 15) is 13.2 Å². The van der Waals surface area contributed by atoms with Crippen LogP contribution in [0.2, 0.25) is 0 Å². The molecule has 0 saturated carbocycles. The topological polar surface area (TPSA) is 125 Å². The number of rotatable bonds is 4. The lowest BCUT2D eigenvalue weighted by atomic mass is 10.3. The molecule has 2 aromatic rings. The summed E-state index contributed by atoms with van der Waals surface area (Å²) in [6, 6.07) is 3.25. The molecule has 3 N–H and O–H groups in total. The van der Waals surface area contributed by atoms with Gasteiger partial charge in [0.2, 0.25) is 0 Å². The molecular formula is C11H12N4O4S. The number of carboxylic acids is 1. The summed E-state index contributed by atoms with van der Waals surface area (Å²) >= 11 is 0. The van der Waals surface area contributed by atoms with Gasteiger partial charge in [0.05, 0.1) is 5.69 Å². The van der Waals surface area contributed by atoms with Crippen LogP contribution in [0.25, 0.3) is 0 Å². The maximum absolute atomic E-state index is 12.2. The van der Waals surface area contributed by atoms with E-state index in [1.807, 2.05) is 0 Å². The number of carboxylic acid groups (broad SMARTS) is 1. The Balaban J connectivity index is 2.46. The molecule has 20 heavy (non-hydrogen) atoms. The first kappa shape index (κ1) is 14.0. The van der Waals surface area contributed by atoms with E-state index in [-0.39, 0.29) is 11.5 Å². The van der Waals surface area contributed by atoms with Gasteiger partial charge < -0.3 is 5.11 Å². The zero-order valence-corrected chi connectivity index (χ0v) is 11.5. The molecule has 0 spiro atoms. The van der Waals surface area contributed by atoms with Crippen molar-refractivity contribution in [3.63, 3.8) is 0 Å². The second-order valence-corrected chi connectivity index (χ2v) is 5.77. The third kappa shape index (κ3) is 2.62. The van der Waals surface area contributed by atoms with Crippen molar-refractivity contribution in [2.45, 2.75) is 18.7 Å². The maximum atomic E-state index is 12.2. The summed E-state index contributed by atoms with van der Waals surface area (Å²) in [7, 11) is -4.08. The maximum Gasteiger partial charge on any atom is 0.357 e. The van der Waals surface area contributed by atoms with E-state index in [1.54, 1.807) is 13.0 Å². The second-order valence-electron chi connectivity index (χ2n) is 4.16. The molecule has 2 aromatic heterocycles. The number of anilines is 1. The molecule has 0 fully saturated rings. The van der Waals surface area contributed by atoms with Crippen LogP contribution >= 0.6 is 0 Å². The predicted octanol–water partition coefficient (Wildman–Crippen LogP) is 0.921. The first-order chi connectivity index (χ1) is 9.31. The van der Waals surface area contributed by atoms with E-state index in [2.05, 4.69) is 19.9 Å². The molecular weight excluding hydrogens is 284 g/mol. The van der Waals surface area contributed by atoms with Crippen LogP contribution in [0.15, 0.2) is 23.2 Å². The van der Waals surface area contributed by atoms with Crippen LogP contribution in [0.5, 0.6) is 0 Å². The minimum Gasteiger partial charge on any atom is -0.476 e. The van der Waals surface area contributed by atoms with E-state index < -0.39 is 26.6 Å². The Kier molecular flexibility index (Phi) is 3.45. The Bertz CT molecular complexity index is 766. The van der Waals surface area contributed by atoms with E-state index in [0.29, 0.717) is 0 Å². The lowest BCUT2D eigenvalue weighted by Crippen LogP contribution is -2.17. The fraction of sp³-hybridized carbons (Fsp3) is 0.182. The van der Waals surface area contributed by atoms with E-state index >= 15 is 0 Å². The Morgan fingerprint density at radius 2 is 2.10 bits per heavy atom. The summed E-state index contributed by atoms with van der Waals surface area (Å²) in [5.41, 5.74) is 0.408. The van der Waals surface area contributed by atoms with Crippen molar-refractivity contribution in [1.82, 2.24) is 15.2 Å². The lowest BCUT2D eigenvalue weighted by molar-refractivity contribution is 0.0686. The minimum absolute atomic E-state index is 0.113. The van der Waals surface area contributed by atoms with Crippen molar-refractivity contribution < 1.29 is 18.3 Å². The van der Waals surface area contributed by atoms with Crippen molar-refractivity contribution in [3.8, 4) is 0 Å². The van der Waals surface area contributed by atoms with Gasteiger partial charge in [-0.15, -0.1) is 0 Å². The zero-order chi connectivity index (χ0) is 14.9. The monoisotopic (exact) mass is 296 g/mol. The van der Waals surface area contributed by atoms with Crippen molar-refractivity contribution in [1.29, 1.82) is 0 Å². The molecule has 106 valence electrons. The Morgan fingerprint density at radius 1 is 1.40 bits per heavy atom. The molecule has 9 heteroatoms. The molecule has 0 aliphatic rings. The van der Waals surface area contributed by atoms with Crippen molar-refractivity contribution in [3.05, 3.63) is 35.3 Å². The van der Waals surface area contributed by atoms with Crippen LogP contribution in [0.3, 0.4) is 0 Å². The highest BCUT2D eigenvalue weighted by atomic mass is 32.2. The van der Waals surface area contributed by atoms with Gasteiger partial charge in [-0.05, 0) is 31.5 Å². The molecule has 0 saturated heterocycles. The van der Waals surface area contributed by atoms with E-state index in [0.717, 1.165) is 5.56 Å². The van der Waals surface area contributed by atoms with Gasteiger partial charge in [-0.1, -0.05) is 0 Å². The smallest absolute Gasteiger partial charge is 0.357 e. The molecule has 0 radical (unpaired) electrons. The summed E-state index contributed by atoms with van der Waals surface area (Å²) in [5.74, 6) is -1.31. The molecule has 0 amide bonds. The number of aromatic carboxylic acids is 1. The van der Waals surface area contributed by atoms with Crippen molar-refractivity contribution in [2.24, 2.45) is 0 Å². The minimum atomic E-state index is -4.08. The second kappa shape index (κ2) is 4.93. The number of hydrogen-bond donors (Lipinski definition) is 3. The van der Waals surface area contributed by atoms with Crippen LogP contribution in [-0.2, 0) is 10.0 Å². The van der Waals surface area contributed by atoms with Crippen LogP contribution in [0.4, 0.5) is 5.82 Å². The SMILES string of the molecule is Cc1ccnc(NS(=O)(=O)c2c(C(=O)O)n[nH]c2C)c1. The Morgan fingerprint density at radius 3 is 2.70 bits per heavy atom. The highest BCUT2D eigenvalue weighted by Gasteiger charge is 2.28. The van der Waals surface area contributed by atoms with Crippen LogP contribution in [-0.4, -0.2) is 34.7 Å². The highest BCUT2D eigenvalue weighted by molar-refractivity contribution is 7.92. The number of nitrogens with zero attached hydrogens (tertiary/aromatic N) is 2. The van der Waals surface area contributed by atoms with Gasteiger partial charge in [-0.3, -0.25) is 9.82 Å². The number of nitrogens with one attached hydrogen (secondary N) is 2. The summed E-state index contributed by atoms with van der Waals surface area (Å²) in [6.45, 7) is 3.21. The number of hydrogen-bond acceptors (Lipinski definition) is 5. The first-order valence-electron chi connectivity index (χ1n) is 5.55. The third-order valence-corrected chi connectivity index (χ3v) is 4.03. The summed E-state index contributed by atoms with van der Waals surface area (Å²) in [5, 5.41) is 14.8. The lowest BCUT2D eigenvalue weighted by Gasteiger charge is -2.07. The van der Waals surface area contributed by atoms with Gasteiger partial charge in [-0.25, -0.2) is 18.2 Å². The number of aryl methyl sites for hydroxylation is 2. The number of aromatic nitrogens is 3. The Labute approximate surface area is 114 Å². The molecule has 8 nitrogen and oxygen atoms in total. The van der Waals surface area contributed by atoms with Gasteiger partial charge in [0.1, 0.15) is 10.7 Å². The molecule has 0 bridgehead atoms. The molecule has 0 unspecified atom stereocenters. The zero-order valence-electron chi connectivity index (χ0n) is 10.7. The van der Waals surface area contributed by atoms with Crippen molar-refractivity contribution >= 4 is 21.8 Å². The summed E-state index contributed by atoms with van der Waals surface area (Å²) in [6.07, 6.45) is 1.45. The number of aromatic amines is 1. The quantitative estimate of drug-likeness (QED) is 0.770. The highest BCUT2D eigenvalue weighted by Crippen LogP contribution is 2.20. The normalized spacial score (nSPS) is 11.3. The van der Waals surface area contributed by atoms with E-state index in [4.69, 9.17) is 5.11 Å². The largest absolute Gasteiger partial charge is 0.476 e. The standard InChI is InChI=1S/C11H12N4O4S/c1-6-3-4-12-8(5-6)15-20(18,19)10-7(2)13-14-9(10)11(16)17/h3-5H,1-2H3,(H,12,15)(H,13,14)(H,16,17). The third-order valence-electron chi connectivity index (χ3n) is 2.52. The van der Waals surface area contributed by atoms with Gasteiger partial charge >= 0.3 is 5.97 Å². The fourth-order valence-corrected chi connectivity index (χ4v) is 3.00. The number of H-pyrrole nitrogens is 1. The van der Waals surface area contributed by atoms with Gasteiger partial charge in [-0.2, -0.15) is 5.10 Å². The predicted molar refractivity (Wildman–Crippen MR) is 70.1 cm³/mol. The van der Waals surface area contributed by atoms with Crippen LogP contribution in [0.1, 0.15) is 21.7 Å². The average Bonchev–Trinajstić information content (AvgIpc) is 2.71. The number of carbonyl (C=O) groups is 1. The first-order valence-corrected chi connectivity index (χ1v) is 7.03. The molecule has 0 atom stereocenters. The summed E-state index contributed by atoms with van der Waals surface area (Å²) in [4.78, 5) is 14.5. The van der Waals surface area contributed by atoms with E-state index in [1.165, 1.54) is 19.2 Å². The Hall–Kier alpha value is -2.42. The molecule has 2 rings (SSSR count). The van der Waals surface area contributed by atoms with Gasteiger partial charge in [0, 0.05) is 6.20 Å². The average molecular weight is 296 g/mol. The fourth-order valence-electron chi connectivity index (χ4n) is 1.67. The van der Waals surface area contributed by atoms with Crippen LogP contribution in [0, 0.1) is 13.8 Å². The number of sulfonamides is 1. The molecule has 0 aliphatic carbocycles. The van der Waals surface area contributed by atoms with Crippen molar-refractivity contribution in [2.75, 3.05) is 4.72 Å². The number of pyridine rings is 1. The van der Waals surface area contributed by atoms with Gasteiger partial charge in [0.15, 0.2) is 5.69 Å².